The summed E-state index contributed by atoms with van der Waals surface area (Å²) in [6.45, 7) is -0.0937. The van der Waals surface area contributed by atoms with Gasteiger partial charge in [0.25, 0.3) is 5.91 Å². The summed E-state index contributed by atoms with van der Waals surface area (Å²) in [5, 5.41) is 5.57. The molecule has 4 rings (SSSR count). The lowest BCUT2D eigenvalue weighted by Gasteiger charge is -2.26. The number of fused-ring (bicyclic) bond motifs is 2. The average molecular weight is 414 g/mol. The Morgan fingerprint density at radius 2 is 2.03 bits per heavy atom. The molecule has 0 spiro atoms. The van der Waals surface area contributed by atoms with Crippen molar-refractivity contribution < 1.29 is 22.7 Å². The van der Waals surface area contributed by atoms with Crippen molar-refractivity contribution in [2.45, 2.75) is 36.6 Å². The zero-order valence-electron chi connectivity index (χ0n) is 15.8. The number of aryl methyl sites for hydroxylation is 1. The molecule has 0 saturated heterocycles. The molecule has 0 aromatic heterocycles. The molecule has 152 valence electrons. The van der Waals surface area contributed by atoms with Crippen molar-refractivity contribution in [3.8, 4) is 5.75 Å². The number of hydrogen-bond acceptors (Lipinski definition) is 5. The van der Waals surface area contributed by atoms with Gasteiger partial charge in [0.2, 0.25) is 5.91 Å². The van der Waals surface area contributed by atoms with Crippen molar-refractivity contribution in [3.05, 3.63) is 53.6 Å². The largest absolute Gasteiger partial charge is 0.482 e. The van der Waals surface area contributed by atoms with Gasteiger partial charge in [0.1, 0.15) is 5.75 Å². The first-order valence-corrected chi connectivity index (χ1v) is 11.2. The molecule has 2 amide bonds. The highest BCUT2D eigenvalue weighted by Crippen LogP contribution is 2.31. The smallest absolute Gasteiger partial charge is 0.262 e. The summed E-state index contributed by atoms with van der Waals surface area (Å²) in [5.74, 6) is -0.498. The summed E-state index contributed by atoms with van der Waals surface area (Å²) in [7, 11) is -3.68. The Morgan fingerprint density at radius 1 is 1.21 bits per heavy atom. The van der Waals surface area contributed by atoms with Crippen LogP contribution in [0.3, 0.4) is 0 Å². The van der Waals surface area contributed by atoms with Crippen LogP contribution >= 0.6 is 0 Å². The fourth-order valence-electron chi connectivity index (χ4n) is 3.77. The van der Waals surface area contributed by atoms with E-state index in [0.717, 1.165) is 24.8 Å². The second-order valence-electron chi connectivity index (χ2n) is 7.27. The lowest BCUT2D eigenvalue weighted by atomic mass is 9.88. The van der Waals surface area contributed by atoms with E-state index in [9.17, 15) is 18.0 Å². The van der Waals surface area contributed by atoms with E-state index in [1.165, 1.54) is 23.8 Å². The zero-order valence-corrected chi connectivity index (χ0v) is 16.6. The van der Waals surface area contributed by atoms with E-state index >= 15 is 0 Å². The number of ether oxygens (including phenoxy) is 1. The number of rotatable bonds is 5. The summed E-state index contributed by atoms with van der Waals surface area (Å²) in [6, 6.07) is 12.3. The predicted octanol–water partition coefficient (Wildman–Crippen LogP) is 2.38. The summed E-state index contributed by atoms with van der Waals surface area (Å²) in [6.07, 6.45) is 2.71. The third-order valence-electron chi connectivity index (χ3n) is 5.25. The van der Waals surface area contributed by atoms with Crippen molar-refractivity contribution >= 4 is 27.3 Å². The number of benzene rings is 2. The quantitative estimate of drug-likeness (QED) is 0.782. The Labute approximate surface area is 169 Å². The van der Waals surface area contributed by atoms with Crippen molar-refractivity contribution in [1.29, 1.82) is 0 Å². The monoisotopic (exact) mass is 414 g/mol. The van der Waals surface area contributed by atoms with Crippen LogP contribution < -0.4 is 15.4 Å². The van der Waals surface area contributed by atoms with E-state index in [4.69, 9.17) is 4.74 Å². The molecule has 2 aliphatic rings. The number of carbonyl (C=O) groups is 2. The number of nitrogens with one attached hydrogen (secondary N) is 2. The fourth-order valence-corrected chi connectivity index (χ4v) is 5.03. The Bertz CT molecular complexity index is 1060. The molecular formula is C21H22N2O5S. The van der Waals surface area contributed by atoms with Crippen LogP contribution in [0.25, 0.3) is 0 Å². The van der Waals surface area contributed by atoms with Crippen molar-refractivity contribution in [2.24, 2.45) is 0 Å². The first-order valence-electron chi connectivity index (χ1n) is 9.59. The molecule has 0 bridgehead atoms. The van der Waals surface area contributed by atoms with Crippen LogP contribution in [-0.4, -0.2) is 32.6 Å². The topological polar surface area (TPSA) is 102 Å². The van der Waals surface area contributed by atoms with Gasteiger partial charge in [-0.2, -0.15) is 0 Å². The molecule has 2 aromatic rings. The zero-order chi connectivity index (χ0) is 20.4. The Balaban J connectivity index is 1.40. The molecule has 29 heavy (non-hydrogen) atoms. The highest BCUT2D eigenvalue weighted by atomic mass is 32.2. The molecule has 1 atom stereocenters. The normalized spacial score (nSPS) is 18.1. The Morgan fingerprint density at radius 3 is 2.90 bits per heavy atom. The highest BCUT2D eigenvalue weighted by molar-refractivity contribution is 7.91. The SMILES string of the molecule is O=C1COc2ccc(S(=O)(=O)CCC(=O)NC3CCCc4ccccc43)cc2N1. The molecule has 1 aliphatic heterocycles. The van der Waals surface area contributed by atoms with Crippen LogP contribution in [-0.2, 0) is 25.8 Å². The first kappa shape index (κ1) is 19.4. The van der Waals surface area contributed by atoms with Gasteiger partial charge in [-0.15, -0.1) is 0 Å². The summed E-state index contributed by atoms with van der Waals surface area (Å²) in [5.41, 5.74) is 2.67. The maximum atomic E-state index is 12.7. The fraction of sp³-hybridized carbons (Fsp3) is 0.333. The van der Waals surface area contributed by atoms with Gasteiger partial charge in [0.15, 0.2) is 16.4 Å². The van der Waals surface area contributed by atoms with Crippen LogP contribution in [0.4, 0.5) is 5.69 Å². The van der Waals surface area contributed by atoms with Gasteiger partial charge in [-0.05, 0) is 48.6 Å². The molecule has 1 heterocycles. The highest BCUT2D eigenvalue weighted by Gasteiger charge is 2.24. The van der Waals surface area contributed by atoms with Gasteiger partial charge in [0, 0.05) is 6.42 Å². The van der Waals surface area contributed by atoms with Gasteiger partial charge in [-0.25, -0.2) is 8.42 Å². The second kappa shape index (κ2) is 7.87. The van der Waals surface area contributed by atoms with E-state index in [-0.39, 0.29) is 41.5 Å². The molecule has 1 unspecified atom stereocenters. The van der Waals surface area contributed by atoms with Crippen LogP contribution in [0, 0.1) is 0 Å². The van der Waals surface area contributed by atoms with Gasteiger partial charge in [-0.1, -0.05) is 24.3 Å². The molecule has 7 nitrogen and oxygen atoms in total. The second-order valence-corrected chi connectivity index (χ2v) is 9.38. The lowest BCUT2D eigenvalue weighted by Crippen LogP contribution is -2.32. The van der Waals surface area contributed by atoms with Gasteiger partial charge in [-0.3, -0.25) is 9.59 Å². The van der Waals surface area contributed by atoms with Gasteiger partial charge < -0.3 is 15.4 Å². The number of carbonyl (C=O) groups excluding carboxylic acids is 2. The van der Waals surface area contributed by atoms with Crippen LogP contribution in [0.15, 0.2) is 47.4 Å². The van der Waals surface area contributed by atoms with Crippen molar-refractivity contribution in [2.75, 3.05) is 17.7 Å². The molecule has 8 heteroatoms. The van der Waals surface area contributed by atoms with Gasteiger partial charge >= 0.3 is 0 Å². The van der Waals surface area contributed by atoms with Crippen molar-refractivity contribution in [1.82, 2.24) is 5.32 Å². The molecule has 0 saturated carbocycles. The average Bonchev–Trinajstić information content (AvgIpc) is 2.72. The number of amides is 2. The minimum Gasteiger partial charge on any atom is -0.482 e. The maximum Gasteiger partial charge on any atom is 0.262 e. The van der Waals surface area contributed by atoms with Crippen molar-refractivity contribution in [3.63, 3.8) is 0 Å². The van der Waals surface area contributed by atoms with Crippen LogP contribution in [0.1, 0.15) is 36.4 Å². The van der Waals surface area contributed by atoms with E-state index in [2.05, 4.69) is 16.7 Å². The van der Waals surface area contributed by atoms with Crippen LogP contribution in [0.5, 0.6) is 5.75 Å². The standard InChI is InChI=1S/C21H22N2O5S/c24-20(22-17-7-3-5-14-4-1-2-6-16(14)17)10-11-29(26,27)15-8-9-19-18(12-15)23-21(25)13-28-19/h1-2,4,6,8-9,12,17H,3,5,7,10-11,13H2,(H,22,24)(H,23,25). The first-order chi connectivity index (χ1) is 13.9. The maximum absolute atomic E-state index is 12.7. The molecule has 2 aromatic carbocycles. The lowest BCUT2D eigenvalue weighted by molar-refractivity contribution is -0.121. The molecular weight excluding hydrogens is 392 g/mol. The number of sulfone groups is 1. The van der Waals surface area contributed by atoms with Gasteiger partial charge in [0.05, 0.1) is 22.4 Å². The van der Waals surface area contributed by atoms with E-state index in [1.54, 1.807) is 0 Å². The van der Waals surface area contributed by atoms with E-state index in [0.29, 0.717) is 11.4 Å². The summed E-state index contributed by atoms with van der Waals surface area (Å²) >= 11 is 0. The predicted molar refractivity (Wildman–Crippen MR) is 108 cm³/mol. The molecule has 1 aliphatic carbocycles. The number of anilines is 1. The minimum atomic E-state index is -3.68. The third-order valence-corrected chi connectivity index (χ3v) is 6.96. The Hall–Kier alpha value is -2.87. The number of hydrogen-bond donors (Lipinski definition) is 2. The molecule has 2 N–H and O–H groups in total. The summed E-state index contributed by atoms with van der Waals surface area (Å²) in [4.78, 5) is 23.9. The minimum absolute atomic E-state index is 0.0536. The third kappa shape index (κ3) is 4.27. The molecule has 0 radical (unpaired) electrons. The van der Waals surface area contributed by atoms with Crippen LogP contribution in [0.2, 0.25) is 0 Å². The molecule has 0 fully saturated rings. The van der Waals surface area contributed by atoms with E-state index in [1.807, 2.05) is 18.2 Å². The van der Waals surface area contributed by atoms with E-state index < -0.39 is 9.84 Å². The summed E-state index contributed by atoms with van der Waals surface area (Å²) < 4.78 is 30.6. The Kier molecular flexibility index (Phi) is 5.27.